The molecular weight excluding hydrogens is 575 g/mol. The molecule has 0 saturated carbocycles. The van der Waals surface area contributed by atoms with Crippen LogP contribution in [0.4, 0.5) is 46.9 Å². The summed E-state index contributed by atoms with van der Waals surface area (Å²) in [6, 6.07) is 9.35. The van der Waals surface area contributed by atoms with Crippen molar-refractivity contribution in [3.8, 4) is 0 Å². The van der Waals surface area contributed by atoms with E-state index in [1.54, 1.807) is 12.1 Å². The van der Waals surface area contributed by atoms with Gasteiger partial charge >= 0.3 is 18.4 Å². The molecule has 4 rings (SSSR count). The standard InChI is InChI=1S/C27H24F7N5O3/c28-21-15-18(3-6-22(21)37-24(41)36-20-7-9-35-10-8-20)23(40)39-13-11-38(12-14-39)16-17-1-4-19(5-2-17)25(42,26(29,30)31)27(32,33)34/h1-10,15,42H,11-14,16H2,(H2,35,36,37,41). The molecule has 15 heteroatoms. The topological polar surface area (TPSA) is 97.8 Å². The number of carbonyl (C=O) groups excluding carboxylic acids is 2. The average Bonchev–Trinajstić information content (AvgIpc) is 2.93. The molecule has 3 aromatic rings. The summed E-state index contributed by atoms with van der Waals surface area (Å²) in [5, 5.41) is 14.4. The lowest BCUT2D eigenvalue weighted by molar-refractivity contribution is -0.376. The minimum absolute atomic E-state index is 0.0541. The van der Waals surface area contributed by atoms with Crippen molar-refractivity contribution in [1.29, 1.82) is 0 Å². The van der Waals surface area contributed by atoms with E-state index in [4.69, 9.17) is 0 Å². The second kappa shape index (κ2) is 11.9. The minimum atomic E-state index is -5.97. The van der Waals surface area contributed by atoms with Crippen molar-refractivity contribution in [3.63, 3.8) is 0 Å². The number of aromatic nitrogens is 1. The van der Waals surface area contributed by atoms with Gasteiger partial charge < -0.3 is 20.6 Å². The van der Waals surface area contributed by atoms with Crippen LogP contribution in [0.15, 0.2) is 67.0 Å². The number of nitrogens with zero attached hydrogens (tertiary/aromatic N) is 3. The Hall–Kier alpha value is -4.24. The molecular formula is C27H24F7N5O3. The number of alkyl halides is 6. The summed E-state index contributed by atoms with van der Waals surface area (Å²) in [7, 11) is 0. The highest BCUT2D eigenvalue weighted by Crippen LogP contribution is 2.50. The SMILES string of the molecule is O=C(Nc1ccncc1)Nc1ccc(C(=O)N2CCN(Cc3ccc(C(O)(C(F)(F)F)C(F)(F)F)cc3)CC2)cc1F. The lowest BCUT2D eigenvalue weighted by Gasteiger charge is -2.35. The van der Waals surface area contributed by atoms with Crippen LogP contribution in [0, 0.1) is 5.82 Å². The molecule has 1 fully saturated rings. The van der Waals surface area contributed by atoms with Gasteiger partial charge in [0.2, 0.25) is 0 Å². The number of hydrogen-bond donors (Lipinski definition) is 3. The van der Waals surface area contributed by atoms with E-state index in [2.05, 4.69) is 15.6 Å². The lowest BCUT2D eigenvalue weighted by Crippen LogP contribution is -2.53. The molecule has 1 aromatic heterocycles. The van der Waals surface area contributed by atoms with Gasteiger partial charge in [0.05, 0.1) is 5.69 Å². The van der Waals surface area contributed by atoms with Gasteiger partial charge in [0, 0.05) is 61.9 Å². The molecule has 1 aliphatic heterocycles. The molecule has 42 heavy (non-hydrogen) atoms. The van der Waals surface area contributed by atoms with Gasteiger partial charge in [0.25, 0.3) is 11.5 Å². The van der Waals surface area contributed by atoms with E-state index in [9.17, 15) is 45.4 Å². The van der Waals surface area contributed by atoms with Crippen LogP contribution in [-0.2, 0) is 12.1 Å². The summed E-state index contributed by atoms with van der Waals surface area (Å²) in [6.45, 7) is 1.30. The lowest BCUT2D eigenvalue weighted by atomic mass is 9.91. The van der Waals surface area contributed by atoms with Gasteiger partial charge in [0.15, 0.2) is 0 Å². The molecule has 8 nitrogen and oxygen atoms in total. The van der Waals surface area contributed by atoms with Crippen molar-refractivity contribution in [2.75, 3.05) is 36.8 Å². The number of halogens is 7. The fourth-order valence-electron chi connectivity index (χ4n) is 4.36. The van der Waals surface area contributed by atoms with Crippen molar-refractivity contribution in [2.45, 2.75) is 24.5 Å². The predicted octanol–water partition coefficient (Wildman–Crippen LogP) is 5.13. The first-order valence-electron chi connectivity index (χ1n) is 12.4. The zero-order valence-electron chi connectivity index (χ0n) is 21.6. The van der Waals surface area contributed by atoms with Gasteiger partial charge in [-0.15, -0.1) is 0 Å². The van der Waals surface area contributed by atoms with E-state index >= 15 is 0 Å². The Morgan fingerprint density at radius 1 is 0.833 bits per heavy atom. The molecule has 0 unspecified atom stereocenters. The maximum Gasteiger partial charge on any atom is 0.430 e. The fourth-order valence-corrected chi connectivity index (χ4v) is 4.36. The maximum atomic E-state index is 14.6. The molecule has 3 N–H and O–H groups in total. The van der Waals surface area contributed by atoms with Crippen LogP contribution in [0.2, 0.25) is 0 Å². The van der Waals surface area contributed by atoms with Gasteiger partial charge in [-0.05, 0) is 35.9 Å². The summed E-state index contributed by atoms with van der Waals surface area (Å²) in [5.41, 5.74) is -5.57. The zero-order chi connectivity index (χ0) is 30.7. The number of aliphatic hydroxyl groups is 1. The Balaban J connectivity index is 1.32. The summed E-state index contributed by atoms with van der Waals surface area (Å²) < 4.78 is 93.2. The number of amides is 3. The summed E-state index contributed by atoms with van der Waals surface area (Å²) >= 11 is 0. The van der Waals surface area contributed by atoms with Crippen molar-refractivity contribution in [2.24, 2.45) is 0 Å². The van der Waals surface area contributed by atoms with E-state index in [-0.39, 0.29) is 30.9 Å². The van der Waals surface area contributed by atoms with Gasteiger partial charge in [-0.2, -0.15) is 26.3 Å². The number of carbonyl (C=O) groups is 2. The first-order valence-corrected chi connectivity index (χ1v) is 12.4. The Morgan fingerprint density at radius 2 is 1.43 bits per heavy atom. The molecule has 1 aliphatic rings. The van der Waals surface area contributed by atoms with Crippen molar-refractivity contribution >= 4 is 23.3 Å². The second-order valence-corrected chi connectivity index (χ2v) is 9.48. The highest BCUT2D eigenvalue weighted by molar-refractivity contribution is 6.00. The summed E-state index contributed by atoms with van der Waals surface area (Å²) in [4.78, 5) is 32.2. The van der Waals surface area contributed by atoms with Crippen LogP contribution < -0.4 is 10.6 Å². The molecule has 224 valence electrons. The first kappa shape index (κ1) is 30.7. The molecule has 0 aliphatic carbocycles. The number of piperazine rings is 1. The third kappa shape index (κ3) is 6.62. The molecule has 2 aromatic carbocycles. The summed E-state index contributed by atoms with van der Waals surface area (Å²) in [5.74, 6) is -1.28. The summed E-state index contributed by atoms with van der Waals surface area (Å²) in [6.07, 6.45) is -9.00. The van der Waals surface area contributed by atoms with Crippen molar-refractivity contribution in [1.82, 2.24) is 14.8 Å². The van der Waals surface area contributed by atoms with Crippen LogP contribution >= 0.6 is 0 Å². The number of benzene rings is 2. The Labute approximate surface area is 234 Å². The molecule has 1 saturated heterocycles. The fraction of sp³-hybridized carbons (Fsp3) is 0.296. The van der Waals surface area contributed by atoms with E-state index in [0.29, 0.717) is 36.5 Å². The third-order valence-electron chi connectivity index (χ3n) is 6.66. The Kier molecular flexibility index (Phi) is 8.73. The molecule has 2 heterocycles. The van der Waals surface area contributed by atoms with E-state index in [1.165, 1.54) is 29.4 Å². The predicted molar refractivity (Wildman–Crippen MR) is 137 cm³/mol. The second-order valence-electron chi connectivity index (χ2n) is 9.48. The number of nitrogens with one attached hydrogen (secondary N) is 2. The van der Waals surface area contributed by atoms with Crippen LogP contribution in [0.25, 0.3) is 0 Å². The maximum absolute atomic E-state index is 14.6. The van der Waals surface area contributed by atoms with Crippen LogP contribution in [0.5, 0.6) is 0 Å². The van der Waals surface area contributed by atoms with Gasteiger partial charge in [-0.25, -0.2) is 9.18 Å². The van der Waals surface area contributed by atoms with E-state index in [1.807, 2.05) is 4.90 Å². The smallest absolute Gasteiger partial charge is 0.369 e. The molecule has 0 spiro atoms. The Bertz CT molecular complexity index is 1390. The molecule has 3 amide bonds. The molecule has 0 radical (unpaired) electrons. The third-order valence-corrected chi connectivity index (χ3v) is 6.66. The minimum Gasteiger partial charge on any atom is -0.369 e. The Morgan fingerprint density at radius 3 is 1.98 bits per heavy atom. The zero-order valence-corrected chi connectivity index (χ0v) is 21.6. The normalized spacial score (nSPS) is 14.9. The average molecular weight is 600 g/mol. The number of pyridine rings is 1. The van der Waals surface area contributed by atoms with Crippen molar-refractivity contribution in [3.05, 3.63) is 89.5 Å². The highest BCUT2D eigenvalue weighted by atomic mass is 19.4. The first-order chi connectivity index (χ1) is 19.7. The van der Waals surface area contributed by atoms with Gasteiger partial charge in [0.1, 0.15) is 5.82 Å². The molecule has 0 atom stereocenters. The van der Waals surface area contributed by atoms with Crippen molar-refractivity contribution < 1.29 is 45.4 Å². The van der Waals surface area contributed by atoms with Crippen LogP contribution in [0.3, 0.4) is 0 Å². The largest absolute Gasteiger partial charge is 0.430 e. The quantitative estimate of drug-likeness (QED) is 0.342. The number of hydrogen-bond acceptors (Lipinski definition) is 5. The molecule has 0 bridgehead atoms. The highest BCUT2D eigenvalue weighted by Gasteiger charge is 2.71. The van der Waals surface area contributed by atoms with Gasteiger partial charge in [-0.1, -0.05) is 24.3 Å². The van der Waals surface area contributed by atoms with Gasteiger partial charge in [-0.3, -0.25) is 14.7 Å². The van der Waals surface area contributed by atoms with Crippen LogP contribution in [0.1, 0.15) is 21.5 Å². The van der Waals surface area contributed by atoms with Crippen LogP contribution in [-0.4, -0.2) is 70.4 Å². The van der Waals surface area contributed by atoms with E-state index in [0.717, 1.165) is 18.2 Å². The number of rotatable bonds is 6. The van der Waals surface area contributed by atoms with E-state index < -0.39 is 41.3 Å². The number of urea groups is 1. The monoisotopic (exact) mass is 599 g/mol. The number of anilines is 2.